The molecule has 0 amide bonds. The highest BCUT2D eigenvalue weighted by molar-refractivity contribution is 5.16. The largest absolute Gasteiger partial charge is 0.386 e. The molecule has 2 heteroatoms. The second-order valence-corrected chi connectivity index (χ2v) is 2.18. The van der Waals surface area contributed by atoms with Crippen LogP contribution in [-0.2, 0) is 4.74 Å². The Morgan fingerprint density at radius 1 is 1.40 bits per heavy atom. The van der Waals surface area contributed by atoms with Crippen LogP contribution in [0.4, 0.5) is 0 Å². The summed E-state index contributed by atoms with van der Waals surface area (Å²) in [4.78, 5) is 0. The summed E-state index contributed by atoms with van der Waals surface area (Å²) in [7, 11) is 0. The van der Waals surface area contributed by atoms with E-state index in [0.717, 1.165) is 0 Å². The fourth-order valence-corrected chi connectivity index (χ4v) is 0.922. The van der Waals surface area contributed by atoms with Crippen LogP contribution in [0.3, 0.4) is 0 Å². The summed E-state index contributed by atoms with van der Waals surface area (Å²) in [6.07, 6.45) is 6.67. The number of allylic oxidation sites excluding steroid dienone is 2. The highest BCUT2D eigenvalue weighted by atomic mass is 16.5. The van der Waals surface area contributed by atoms with Gasteiger partial charge in [0.2, 0.25) is 0 Å². The molecule has 2 unspecified atom stereocenters. The first-order valence-electron chi connectivity index (χ1n) is 3.49. The number of ether oxygens (including phenoxy) is 1. The Balaban J connectivity index is 2.44. The van der Waals surface area contributed by atoms with E-state index >= 15 is 0 Å². The zero-order chi connectivity index (χ0) is 7.40. The molecule has 0 aromatic rings. The minimum atomic E-state index is -0.468. The minimum Gasteiger partial charge on any atom is -0.386 e. The fourth-order valence-electron chi connectivity index (χ4n) is 0.922. The molecule has 0 aromatic carbocycles. The first-order chi connectivity index (χ1) is 4.84. The molecule has 0 aliphatic heterocycles. The summed E-state index contributed by atoms with van der Waals surface area (Å²) in [5.41, 5.74) is 0. The average Bonchev–Trinajstić information content (AvgIpc) is 1.94. The maximum atomic E-state index is 9.24. The Kier molecular flexibility index (Phi) is 2.66. The van der Waals surface area contributed by atoms with Gasteiger partial charge in [-0.1, -0.05) is 24.3 Å². The molecule has 2 atom stereocenters. The molecule has 0 spiro atoms. The number of aliphatic hydroxyl groups is 1. The van der Waals surface area contributed by atoms with Crippen molar-refractivity contribution in [3.8, 4) is 0 Å². The summed E-state index contributed by atoms with van der Waals surface area (Å²) in [6.45, 7) is 2.55. The van der Waals surface area contributed by atoms with E-state index in [1.807, 2.05) is 25.2 Å². The maximum Gasteiger partial charge on any atom is 0.105 e. The molecule has 1 aliphatic rings. The quantitative estimate of drug-likeness (QED) is 0.617. The van der Waals surface area contributed by atoms with Gasteiger partial charge in [0.15, 0.2) is 0 Å². The SMILES string of the molecule is CCOC1C=CC=CC1O. The van der Waals surface area contributed by atoms with Gasteiger partial charge in [0.05, 0.1) is 0 Å². The standard InChI is InChI=1S/C8H12O2/c1-2-10-8-6-4-3-5-7(8)9/h3-9H,2H2,1H3. The van der Waals surface area contributed by atoms with Gasteiger partial charge < -0.3 is 9.84 Å². The molecule has 1 rings (SSSR count). The van der Waals surface area contributed by atoms with Gasteiger partial charge in [-0.2, -0.15) is 0 Å². The highest BCUT2D eigenvalue weighted by Crippen LogP contribution is 2.07. The summed E-state index contributed by atoms with van der Waals surface area (Å²) in [5, 5.41) is 9.24. The summed E-state index contributed by atoms with van der Waals surface area (Å²) < 4.78 is 5.21. The van der Waals surface area contributed by atoms with Gasteiger partial charge in [0.1, 0.15) is 12.2 Å². The third-order valence-electron chi connectivity index (χ3n) is 1.42. The van der Waals surface area contributed by atoms with Gasteiger partial charge in [-0.15, -0.1) is 0 Å². The number of rotatable bonds is 2. The Morgan fingerprint density at radius 2 is 2.10 bits per heavy atom. The van der Waals surface area contributed by atoms with E-state index in [9.17, 15) is 5.11 Å². The van der Waals surface area contributed by atoms with Gasteiger partial charge in [-0.05, 0) is 6.92 Å². The zero-order valence-electron chi connectivity index (χ0n) is 6.03. The van der Waals surface area contributed by atoms with Crippen molar-refractivity contribution in [2.75, 3.05) is 6.61 Å². The predicted molar refractivity (Wildman–Crippen MR) is 39.7 cm³/mol. The highest BCUT2D eigenvalue weighted by Gasteiger charge is 2.14. The second-order valence-electron chi connectivity index (χ2n) is 2.18. The van der Waals surface area contributed by atoms with Crippen LogP contribution in [-0.4, -0.2) is 23.9 Å². The van der Waals surface area contributed by atoms with Gasteiger partial charge in [-0.25, -0.2) is 0 Å². The third kappa shape index (κ3) is 1.69. The van der Waals surface area contributed by atoms with Crippen molar-refractivity contribution >= 4 is 0 Å². The van der Waals surface area contributed by atoms with E-state index in [1.54, 1.807) is 6.08 Å². The van der Waals surface area contributed by atoms with Crippen LogP contribution in [0, 0.1) is 0 Å². The number of aliphatic hydroxyl groups excluding tert-OH is 1. The van der Waals surface area contributed by atoms with Gasteiger partial charge in [-0.3, -0.25) is 0 Å². The van der Waals surface area contributed by atoms with Crippen LogP contribution < -0.4 is 0 Å². The van der Waals surface area contributed by atoms with Gasteiger partial charge >= 0.3 is 0 Å². The molecule has 0 saturated carbocycles. The molecule has 1 N–H and O–H groups in total. The normalized spacial score (nSPS) is 31.0. The molecule has 0 heterocycles. The lowest BCUT2D eigenvalue weighted by Crippen LogP contribution is -2.26. The van der Waals surface area contributed by atoms with Crippen molar-refractivity contribution in [2.45, 2.75) is 19.1 Å². The van der Waals surface area contributed by atoms with Gasteiger partial charge in [0, 0.05) is 6.61 Å². The Labute approximate surface area is 60.8 Å². The third-order valence-corrected chi connectivity index (χ3v) is 1.42. The van der Waals surface area contributed by atoms with E-state index in [2.05, 4.69) is 0 Å². The molecular formula is C8H12O2. The molecule has 0 fully saturated rings. The van der Waals surface area contributed by atoms with Crippen molar-refractivity contribution < 1.29 is 9.84 Å². The molecular weight excluding hydrogens is 128 g/mol. The van der Waals surface area contributed by atoms with Crippen molar-refractivity contribution in [1.29, 1.82) is 0 Å². The van der Waals surface area contributed by atoms with Crippen molar-refractivity contribution in [3.05, 3.63) is 24.3 Å². The molecule has 2 nitrogen and oxygen atoms in total. The van der Waals surface area contributed by atoms with Crippen LogP contribution in [0.5, 0.6) is 0 Å². The number of hydrogen-bond acceptors (Lipinski definition) is 2. The van der Waals surface area contributed by atoms with Crippen LogP contribution in [0.1, 0.15) is 6.92 Å². The fraction of sp³-hybridized carbons (Fsp3) is 0.500. The smallest absolute Gasteiger partial charge is 0.105 e. The van der Waals surface area contributed by atoms with Crippen molar-refractivity contribution in [1.82, 2.24) is 0 Å². The zero-order valence-corrected chi connectivity index (χ0v) is 6.03. The van der Waals surface area contributed by atoms with E-state index in [1.165, 1.54) is 0 Å². The molecule has 10 heavy (non-hydrogen) atoms. The average molecular weight is 140 g/mol. The van der Waals surface area contributed by atoms with Crippen LogP contribution in [0.25, 0.3) is 0 Å². The maximum absolute atomic E-state index is 9.24. The summed E-state index contributed by atoms with van der Waals surface area (Å²) in [6, 6.07) is 0. The molecule has 0 saturated heterocycles. The van der Waals surface area contributed by atoms with E-state index in [0.29, 0.717) is 6.61 Å². The van der Waals surface area contributed by atoms with Crippen LogP contribution in [0.2, 0.25) is 0 Å². The molecule has 0 aromatic heterocycles. The summed E-state index contributed by atoms with van der Waals surface area (Å²) in [5.74, 6) is 0. The minimum absolute atomic E-state index is 0.144. The second kappa shape index (κ2) is 3.54. The molecule has 0 radical (unpaired) electrons. The lowest BCUT2D eigenvalue weighted by atomic mass is 10.1. The molecule has 56 valence electrons. The lowest BCUT2D eigenvalue weighted by Gasteiger charge is -2.18. The van der Waals surface area contributed by atoms with Crippen LogP contribution in [0.15, 0.2) is 24.3 Å². The summed E-state index contributed by atoms with van der Waals surface area (Å²) >= 11 is 0. The van der Waals surface area contributed by atoms with E-state index in [4.69, 9.17) is 4.74 Å². The van der Waals surface area contributed by atoms with Crippen molar-refractivity contribution in [3.63, 3.8) is 0 Å². The first kappa shape index (κ1) is 7.51. The molecule has 0 bridgehead atoms. The van der Waals surface area contributed by atoms with Crippen molar-refractivity contribution in [2.24, 2.45) is 0 Å². The first-order valence-corrected chi connectivity index (χ1v) is 3.49. The van der Waals surface area contributed by atoms with E-state index < -0.39 is 6.10 Å². The van der Waals surface area contributed by atoms with Crippen LogP contribution >= 0.6 is 0 Å². The van der Waals surface area contributed by atoms with E-state index in [-0.39, 0.29) is 6.10 Å². The number of hydrogen-bond donors (Lipinski definition) is 1. The lowest BCUT2D eigenvalue weighted by molar-refractivity contribution is 0.0166. The predicted octanol–water partition coefficient (Wildman–Crippen LogP) is 0.878. The monoisotopic (exact) mass is 140 g/mol. The Hall–Kier alpha value is -0.600. The molecule has 1 aliphatic carbocycles. The Morgan fingerprint density at radius 3 is 2.70 bits per heavy atom. The topological polar surface area (TPSA) is 29.5 Å². The Bertz CT molecular complexity index is 149. The van der Waals surface area contributed by atoms with Gasteiger partial charge in [0.25, 0.3) is 0 Å².